The van der Waals surface area contributed by atoms with E-state index in [0.717, 1.165) is 12.8 Å². The van der Waals surface area contributed by atoms with E-state index < -0.39 is 30.6 Å². The van der Waals surface area contributed by atoms with Gasteiger partial charge in [0, 0.05) is 36.4 Å². The molecule has 0 saturated heterocycles. The topological polar surface area (TPSA) is 118 Å². The fourth-order valence-electron chi connectivity index (χ4n) is 4.98. The first-order chi connectivity index (χ1) is 18.7. The van der Waals surface area contributed by atoms with Crippen molar-refractivity contribution in [2.45, 2.75) is 57.3 Å². The van der Waals surface area contributed by atoms with Gasteiger partial charge < -0.3 is 25.1 Å². The lowest BCUT2D eigenvalue weighted by Gasteiger charge is -2.15. The van der Waals surface area contributed by atoms with Crippen LogP contribution in [0.2, 0.25) is 0 Å². The van der Waals surface area contributed by atoms with E-state index in [4.69, 9.17) is 9.47 Å². The zero-order valence-corrected chi connectivity index (χ0v) is 21.6. The smallest absolute Gasteiger partial charge is 0.263 e. The first kappa shape index (κ1) is 26.9. The number of carbonyl (C=O) groups excluding carboxylic acids is 2. The van der Waals surface area contributed by atoms with Crippen molar-refractivity contribution in [3.05, 3.63) is 41.3 Å². The average molecular weight is 546 g/mol. The highest BCUT2D eigenvalue weighted by atomic mass is 19.3. The molecule has 2 heterocycles. The summed E-state index contributed by atoms with van der Waals surface area (Å²) in [5.41, 5.74) is 1.84. The summed E-state index contributed by atoms with van der Waals surface area (Å²) in [5, 5.41) is 5.44. The first-order valence-electron chi connectivity index (χ1n) is 12.9. The van der Waals surface area contributed by atoms with Gasteiger partial charge in [-0.05, 0) is 50.3 Å². The molecule has 0 radical (unpaired) electrons. The summed E-state index contributed by atoms with van der Waals surface area (Å²) in [6.45, 7) is 2.02. The fourth-order valence-corrected chi connectivity index (χ4v) is 4.98. The second-order valence-electron chi connectivity index (χ2n) is 10.1. The van der Waals surface area contributed by atoms with E-state index in [9.17, 15) is 22.8 Å². The number of carbonyl (C=O) groups is 2. The molecule has 2 aromatic heterocycles. The molecule has 3 unspecified atom stereocenters. The summed E-state index contributed by atoms with van der Waals surface area (Å²) in [4.78, 5) is 36.9. The molecule has 208 valence electrons. The molecule has 3 atom stereocenters. The van der Waals surface area contributed by atoms with Crippen LogP contribution in [0.4, 0.5) is 13.2 Å². The Morgan fingerprint density at radius 2 is 1.97 bits per heavy atom. The van der Waals surface area contributed by atoms with Gasteiger partial charge in [0.25, 0.3) is 12.3 Å². The van der Waals surface area contributed by atoms with Crippen LogP contribution in [0.25, 0.3) is 22.3 Å². The average Bonchev–Trinajstić information content (AvgIpc) is 3.57. The highest BCUT2D eigenvalue weighted by Gasteiger charge is 2.37. The highest BCUT2D eigenvalue weighted by Crippen LogP contribution is 2.38. The number of methoxy groups -OCH3 is 1. The number of nitrogens with zero attached hydrogens (tertiary/aromatic N) is 2. The molecular formula is C27H30F3N5O4. The van der Waals surface area contributed by atoms with Gasteiger partial charge in [-0.3, -0.25) is 9.59 Å². The molecule has 1 aromatic carbocycles. The minimum Gasteiger partial charge on any atom is -0.493 e. The van der Waals surface area contributed by atoms with Crippen LogP contribution in [-0.2, 0) is 9.53 Å². The van der Waals surface area contributed by atoms with E-state index in [1.807, 2.05) is 0 Å². The van der Waals surface area contributed by atoms with Gasteiger partial charge in [-0.15, -0.1) is 0 Å². The molecule has 2 amide bonds. The van der Waals surface area contributed by atoms with E-state index in [1.165, 1.54) is 31.6 Å². The van der Waals surface area contributed by atoms with Crippen LogP contribution in [0, 0.1) is 12.8 Å². The molecule has 5 rings (SSSR count). The quantitative estimate of drug-likeness (QED) is 0.354. The number of aromatic nitrogens is 3. The van der Waals surface area contributed by atoms with Crippen LogP contribution in [0.3, 0.4) is 0 Å². The van der Waals surface area contributed by atoms with Gasteiger partial charge in [-0.25, -0.2) is 23.1 Å². The zero-order chi connectivity index (χ0) is 27.7. The van der Waals surface area contributed by atoms with Crippen molar-refractivity contribution in [1.82, 2.24) is 25.6 Å². The van der Waals surface area contributed by atoms with Gasteiger partial charge in [-0.1, -0.05) is 0 Å². The first-order valence-corrected chi connectivity index (χ1v) is 12.9. The van der Waals surface area contributed by atoms with Gasteiger partial charge in [0.05, 0.1) is 23.7 Å². The number of amides is 2. The van der Waals surface area contributed by atoms with Crippen LogP contribution in [0.15, 0.2) is 24.5 Å². The van der Waals surface area contributed by atoms with Crippen LogP contribution in [-0.4, -0.2) is 65.3 Å². The Bertz CT molecular complexity index is 1380. The van der Waals surface area contributed by atoms with Crippen molar-refractivity contribution in [2.75, 3.05) is 20.3 Å². The van der Waals surface area contributed by atoms with Crippen molar-refractivity contribution in [3.8, 4) is 17.0 Å². The predicted octanol–water partition coefficient (Wildman–Crippen LogP) is 4.02. The van der Waals surface area contributed by atoms with E-state index in [2.05, 4.69) is 25.6 Å². The molecule has 0 aliphatic heterocycles. The number of H-pyrrole nitrogens is 1. The number of nitrogens with one attached hydrogen (secondary N) is 3. The Morgan fingerprint density at radius 3 is 2.69 bits per heavy atom. The number of benzene rings is 1. The van der Waals surface area contributed by atoms with Crippen LogP contribution in [0.1, 0.15) is 53.7 Å². The lowest BCUT2D eigenvalue weighted by Crippen LogP contribution is -2.40. The summed E-state index contributed by atoms with van der Waals surface area (Å²) in [5.74, 6) is -0.0255. The maximum atomic E-state index is 14.8. The van der Waals surface area contributed by atoms with Crippen molar-refractivity contribution < 1.29 is 32.2 Å². The van der Waals surface area contributed by atoms with E-state index >= 15 is 0 Å². The number of alkyl halides is 3. The summed E-state index contributed by atoms with van der Waals surface area (Å²) < 4.78 is 52.7. The van der Waals surface area contributed by atoms with E-state index in [-0.39, 0.29) is 42.0 Å². The maximum Gasteiger partial charge on any atom is 0.263 e. The third-order valence-electron chi connectivity index (χ3n) is 7.12. The van der Waals surface area contributed by atoms with Crippen molar-refractivity contribution in [1.29, 1.82) is 0 Å². The zero-order valence-electron chi connectivity index (χ0n) is 21.6. The molecule has 0 spiro atoms. The maximum absolute atomic E-state index is 14.8. The van der Waals surface area contributed by atoms with Gasteiger partial charge in [0.1, 0.15) is 36.1 Å². The molecule has 2 fully saturated rings. The summed E-state index contributed by atoms with van der Waals surface area (Å²) in [6, 6.07) is 2.95. The van der Waals surface area contributed by atoms with Crippen molar-refractivity contribution in [2.24, 2.45) is 5.92 Å². The molecule has 39 heavy (non-hydrogen) atoms. The van der Waals surface area contributed by atoms with E-state index in [1.54, 1.807) is 6.92 Å². The Hall–Kier alpha value is -3.67. The normalized spacial score (nSPS) is 20.9. The Kier molecular flexibility index (Phi) is 7.74. The predicted molar refractivity (Wildman–Crippen MR) is 136 cm³/mol. The highest BCUT2D eigenvalue weighted by molar-refractivity contribution is 6.09. The standard InChI is InChI=1S/C27H30F3N5O4/c1-13-22(27(37)35-19-9-16(8-18(19)28)34-21(36)11-38-2)24-25(33-13)23(31-12-32-24)17-7-15(26(29)30)5-6-20(17)39-10-14-3-4-14/h5-7,12,14,16,18-19,26,33H,3-4,8-11H2,1-2H3,(H,34,36)(H,35,37). The number of aromatic amines is 1. The number of rotatable bonds is 10. The number of ether oxygens (including phenoxy) is 2. The number of halogens is 3. The number of aryl methyl sites for hydroxylation is 1. The SMILES string of the molecule is COCC(=O)NC1CC(F)C(NC(=O)c2c(C)[nH]c3c(-c4cc(C(F)F)ccc4OCC4CC4)ncnc23)C1. The summed E-state index contributed by atoms with van der Waals surface area (Å²) in [6.07, 6.45) is -0.338. The molecule has 2 saturated carbocycles. The Balaban J connectivity index is 1.42. The third-order valence-corrected chi connectivity index (χ3v) is 7.12. The summed E-state index contributed by atoms with van der Waals surface area (Å²) in [7, 11) is 1.39. The molecule has 9 nitrogen and oxygen atoms in total. The van der Waals surface area contributed by atoms with E-state index in [0.29, 0.717) is 40.7 Å². The van der Waals surface area contributed by atoms with Crippen molar-refractivity contribution in [3.63, 3.8) is 0 Å². The molecule has 3 aromatic rings. The second kappa shape index (κ2) is 11.2. The van der Waals surface area contributed by atoms with Gasteiger partial charge in [-0.2, -0.15) is 0 Å². The molecule has 0 bridgehead atoms. The Labute approximate surface area is 222 Å². The van der Waals surface area contributed by atoms with Gasteiger partial charge in [0.15, 0.2) is 0 Å². The minimum atomic E-state index is -2.69. The monoisotopic (exact) mass is 545 g/mol. The molecular weight excluding hydrogens is 515 g/mol. The second-order valence-corrected chi connectivity index (χ2v) is 10.1. The number of hydrogen-bond acceptors (Lipinski definition) is 6. The van der Waals surface area contributed by atoms with Crippen LogP contribution >= 0.6 is 0 Å². The number of hydrogen-bond donors (Lipinski definition) is 3. The molecule has 3 N–H and O–H groups in total. The van der Waals surface area contributed by atoms with Gasteiger partial charge >= 0.3 is 0 Å². The van der Waals surface area contributed by atoms with Crippen LogP contribution < -0.4 is 15.4 Å². The summed E-state index contributed by atoms with van der Waals surface area (Å²) >= 11 is 0. The fraction of sp³-hybridized carbons (Fsp3) is 0.481. The minimum absolute atomic E-state index is 0.0731. The Morgan fingerprint density at radius 1 is 1.18 bits per heavy atom. The van der Waals surface area contributed by atoms with Gasteiger partial charge in [0.2, 0.25) is 5.91 Å². The molecule has 12 heteroatoms. The number of fused-ring (bicyclic) bond motifs is 1. The molecule has 2 aliphatic rings. The third kappa shape index (κ3) is 5.85. The molecule has 2 aliphatic carbocycles. The lowest BCUT2D eigenvalue weighted by atomic mass is 10.0. The lowest BCUT2D eigenvalue weighted by molar-refractivity contribution is -0.125. The largest absolute Gasteiger partial charge is 0.493 e. The van der Waals surface area contributed by atoms with Crippen LogP contribution in [0.5, 0.6) is 5.75 Å². The van der Waals surface area contributed by atoms with Crippen molar-refractivity contribution >= 4 is 22.8 Å².